The van der Waals surface area contributed by atoms with Gasteiger partial charge in [0, 0.05) is 5.69 Å². The average Bonchev–Trinajstić information content (AvgIpc) is 2.19. The van der Waals surface area contributed by atoms with Crippen LogP contribution in [0.25, 0.3) is 0 Å². The van der Waals surface area contributed by atoms with Crippen LogP contribution in [0.3, 0.4) is 0 Å². The maximum Gasteiger partial charge on any atom is 0.412 e. The number of ether oxygens (including phenoxy) is 1. The predicted molar refractivity (Wildman–Crippen MR) is 68.9 cm³/mol. The van der Waals surface area contributed by atoms with Crippen LogP contribution in [-0.4, -0.2) is 11.7 Å². The van der Waals surface area contributed by atoms with E-state index in [1.807, 2.05) is 0 Å². The van der Waals surface area contributed by atoms with Crippen LogP contribution in [0.2, 0.25) is 0 Å². The summed E-state index contributed by atoms with van der Waals surface area (Å²) in [7, 11) is 0. The second-order valence-corrected chi connectivity index (χ2v) is 5.64. The lowest BCUT2D eigenvalue weighted by Crippen LogP contribution is -2.27. The van der Waals surface area contributed by atoms with Gasteiger partial charge in [-0.05, 0) is 48.8 Å². The van der Waals surface area contributed by atoms with E-state index in [1.165, 1.54) is 6.07 Å². The van der Waals surface area contributed by atoms with Gasteiger partial charge in [0.05, 0.1) is 10.0 Å². The second-order valence-electron chi connectivity index (χ2n) is 4.79. The Morgan fingerprint density at radius 3 is 2.42 bits per heavy atom. The van der Waals surface area contributed by atoms with Gasteiger partial charge in [0.2, 0.25) is 0 Å². The third kappa shape index (κ3) is 4.74. The van der Waals surface area contributed by atoms with E-state index in [4.69, 9.17) is 4.74 Å². The van der Waals surface area contributed by atoms with Crippen LogP contribution in [0.5, 0.6) is 0 Å². The number of alkyl halides is 2. The minimum Gasteiger partial charge on any atom is -0.444 e. The van der Waals surface area contributed by atoms with Gasteiger partial charge in [-0.1, -0.05) is 0 Å². The first-order valence-electron chi connectivity index (χ1n) is 5.37. The summed E-state index contributed by atoms with van der Waals surface area (Å²) in [6.45, 7) is 4.99. The molecule has 0 saturated carbocycles. The summed E-state index contributed by atoms with van der Waals surface area (Å²) in [5, 5.41) is 2.27. The summed E-state index contributed by atoms with van der Waals surface area (Å²) in [5.41, 5.74) is -1.48. The van der Waals surface area contributed by atoms with Crippen LogP contribution in [0.1, 0.15) is 32.8 Å². The maximum absolute atomic E-state index is 13.4. The third-order valence-electron chi connectivity index (χ3n) is 1.94. The summed E-state index contributed by atoms with van der Waals surface area (Å²) in [6, 6.07) is 2.06. The van der Waals surface area contributed by atoms with E-state index in [-0.39, 0.29) is 10.2 Å². The Hall–Kier alpha value is -1.24. The molecule has 106 valence electrons. The molecule has 1 aromatic rings. The first-order chi connectivity index (χ1) is 8.60. The number of anilines is 1. The molecule has 0 radical (unpaired) electrons. The highest BCUT2D eigenvalue weighted by Crippen LogP contribution is 2.31. The molecule has 0 bridgehead atoms. The average molecular weight is 340 g/mol. The van der Waals surface area contributed by atoms with Crippen molar-refractivity contribution in [1.29, 1.82) is 0 Å². The van der Waals surface area contributed by atoms with Gasteiger partial charge in [0.15, 0.2) is 0 Å². The molecule has 1 amide bonds. The van der Waals surface area contributed by atoms with Gasteiger partial charge in [-0.3, -0.25) is 5.32 Å². The highest BCUT2D eigenvalue weighted by atomic mass is 79.9. The summed E-state index contributed by atoms with van der Waals surface area (Å²) in [4.78, 5) is 11.5. The van der Waals surface area contributed by atoms with E-state index in [0.717, 1.165) is 6.07 Å². The Balaban J connectivity index is 2.94. The van der Waals surface area contributed by atoms with E-state index >= 15 is 0 Å². The van der Waals surface area contributed by atoms with E-state index in [9.17, 15) is 18.0 Å². The summed E-state index contributed by atoms with van der Waals surface area (Å²) in [5.74, 6) is -1.05. The largest absolute Gasteiger partial charge is 0.444 e. The molecular weight excluding hydrogens is 327 g/mol. The molecule has 1 N–H and O–H groups in total. The molecule has 0 saturated heterocycles. The molecule has 0 aliphatic carbocycles. The Morgan fingerprint density at radius 2 is 1.95 bits per heavy atom. The topological polar surface area (TPSA) is 38.3 Å². The Kier molecular flexibility index (Phi) is 4.84. The number of rotatable bonds is 2. The van der Waals surface area contributed by atoms with Gasteiger partial charge in [-0.25, -0.2) is 18.0 Å². The molecule has 0 aliphatic rings. The van der Waals surface area contributed by atoms with E-state index in [0.29, 0.717) is 0 Å². The van der Waals surface area contributed by atoms with Crippen molar-refractivity contribution < 1.29 is 22.7 Å². The Morgan fingerprint density at radius 1 is 1.37 bits per heavy atom. The molecule has 1 rings (SSSR count). The van der Waals surface area contributed by atoms with Crippen molar-refractivity contribution in [2.24, 2.45) is 0 Å². The van der Waals surface area contributed by atoms with Crippen molar-refractivity contribution in [3.63, 3.8) is 0 Å². The lowest BCUT2D eigenvalue weighted by molar-refractivity contribution is 0.0635. The first kappa shape index (κ1) is 15.8. The normalized spacial score (nSPS) is 11.6. The third-order valence-corrected chi connectivity index (χ3v) is 2.51. The lowest BCUT2D eigenvalue weighted by Gasteiger charge is -2.20. The molecule has 0 unspecified atom stereocenters. The minimum atomic E-state index is -2.98. The smallest absolute Gasteiger partial charge is 0.412 e. The molecule has 0 aliphatic heterocycles. The van der Waals surface area contributed by atoms with Gasteiger partial charge < -0.3 is 4.74 Å². The molecule has 0 atom stereocenters. The van der Waals surface area contributed by atoms with Crippen molar-refractivity contribution in [3.8, 4) is 0 Å². The maximum atomic E-state index is 13.4. The van der Waals surface area contributed by atoms with Gasteiger partial charge in [-0.2, -0.15) is 0 Å². The highest BCUT2D eigenvalue weighted by Gasteiger charge is 2.20. The van der Waals surface area contributed by atoms with Crippen molar-refractivity contribution in [1.82, 2.24) is 0 Å². The van der Waals surface area contributed by atoms with E-state index in [2.05, 4.69) is 21.2 Å². The quantitative estimate of drug-likeness (QED) is 0.834. The molecule has 0 fully saturated rings. The van der Waals surface area contributed by atoms with Crippen molar-refractivity contribution in [2.45, 2.75) is 32.8 Å². The number of hydrogen-bond acceptors (Lipinski definition) is 2. The van der Waals surface area contributed by atoms with E-state index in [1.54, 1.807) is 20.8 Å². The Bertz CT molecular complexity index is 487. The fourth-order valence-corrected chi connectivity index (χ4v) is 1.74. The van der Waals surface area contributed by atoms with Crippen LogP contribution in [-0.2, 0) is 4.74 Å². The highest BCUT2D eigenvalue weighted by molar-refractivity contribution is 9.10. The van der Waals surface area contributed by atoms with Crippen LogP contribution < -0.4 is 5.32 Å². The number of amides is 1. The summed E-state index contributed by atoms with van der Waals surface area (Å²) < 4.78 is 43.4. The monoisotopic (exact) mass is 339 g/mol. The molecule has 7 heteroatoms. The predicted octanol–water partition coefficient (Wildman–Crippen LogP) is 4.87. The first-order valence-corrected chi connectivity index (χ1v) is 6.16. The molecule has 0 aromatic heterocycles. The zero-order valence-corrected chi connectivity index (χ0v) is 12.1. The van der Waals surface area contributed by atoms with Crippen LogP contribution in [0, 0.1) is 5.82 Å². The fraction of sp³-hybridized carbons (Fsp3) is 0.417. The second kappa shape index (κ2) is 5.81. The van der Waals surface area contributed by atoms with Crippen LogP contribution in [0.15, 0.2) is 16.6 Å². The number of halogens is 4. The van der Waals surface area contributed by atoms with Gasteiger partial charge in [0.1, 0.15) is 11.4 Å². The zero-order chi connectivity index (χ0) is 14.8. The molecular formula is C12H13BrF3NO2. The van der Waals surface area contributed by atoms with E-state index < -0.39 is 29.5 Å². The van der Waals surface area contributed by atoms with Crippen molar-refractivity contribution in [2.75, 3.05) is 5.32 Å². The SMILES string of the molecule is CC(C)(C)OC(=O)Nc1cc(Br)c(F)c(C(F)F)c1. The zero-order valence-electron chi connectivity index (χ0n) is 10.6. The number of carbonyl (C=O) groups is 1. The van der Waals surface area contributed by atoms with Gasteiger partial charge >= 0.3 is 6.09 Å². The molecule has 19 heavy (non-hydrogen) atoms. The minimum absolute atomic E-state index is 0.0258. The number of nitrogens with one attached hydrogen (secondary N) is 1. The summed E-state index contributed by atoms with van der Waals surface area (Å²) >= 11 is 2.82. The van der Waals surface area contributed by atoms with Gasteiger partial charge in [0.25, 0.3) is 6.43 Å². The summed E-state index contributed by atoms with van der Waals surface area (Å²) in [6.07, 6.45) is -3.78. The number of benzene rings is 1. The van der Waals surface area contributed by atoms with Gasteiger partial charge in [-0.15, -0.1) is 0 Å². The van der Waals surface area contributed by atoms with Crippen LogP contribution in [0.4, 0.5) is 23.7 Å². The number of carbonyl (C=O) groups excluding carboxylic acids is 1. The fourth-order valence-electron chi connectivity index (χ4n) is 1.26. The standard InChI is InChI=1S/C12H13BrF3NO2/c1-12(2,3)19-11(18)17-6-4-7(10(15)16)9(14)8(13)5-6/h4-5,10H,1-3H3,(H,17,18). The number of hydrogen-bond donors (Lipinski definition) is 1. The molecule has 3 nitrogen and oxygen atoms in total. The molecule has 1 aromatic carbocycles. The molecule has 0 spiro atoms. The Labute approximate surface area is 117 Å². The van der Waals surface area contributed by atoms with Crippen molar-refractivity contribution in [3.05, 3.63) is 28.0 Å². The lowest BCUT2D eigenvalue weighted by atomic mass is 10.2. The molecule has 0 heterocycles. The van der Waals surface area contributed by atoms with Crippen molar-refractivity contribution >= 4 is 27.7 Å². The van der Waals surface area contributed by atoms with Crippen LogP contribution >= 0.6 is 15.9 Å².